The zero-order valence-corrected chi connectivity index (χ0v) is 14.6. The predicted octanol–water partition coefficient (Wildman–Crippen LogP) is 3.67. The van der Waals surface area contributed by atoms with Crippen molar-refractivity contribution in [2.45, 2.75) is 19.4 Å². The molecule has 0 fully saturated rings. The van der Waals surface area contributed by atoms with Gasteiger partial charge in [0.2, 0.25) is 0 Å². The second-order valence-electron chi connectivity index (χ2n) is 6.32. The Kier molecular flexibility index (Phi) is 5.07. The highest BCUT2D eigenvalue weighted by atomic mass is 19.1. The number of rotatable bonds is 5. The van der Waals surface area contributed by atoms with Crippen LogP contribution < -0.4 is 0 Å². The van der Waals surface area contributed by atoms with Crippen molar-refractivity contribution >= 4 is 11.9 Å². The Morgan fingerprint density at radius 1 is 0.963 bits per heavy atom. The number of aliphatic carboxylic acids is 2. The maximum Gasteiger partial charge on any atom is 0.334 e. The fraction of sp³-hybridized carbons (Fsp3) is 0.143. The van der Waals surface area contributed by atoms with Crippen LogP contribution in [0.25, 0.3) is 0 Å². The van der Waals surface area contributed by atoms with Gasteiger partial charge >= 0.3 is 11.9 Å². The SMILES string of the molecule is Cc1c(F)cccc1C1C(C(=O)O)=CN(Cc2ccccc2)C=C1C(=O)O. The third-order valence-corrected chi connectivity index (χ3v) is 4.55. The molecule has 0 aromatic heterocycles. The van der Waals surface area contributed by atoms with Gasteiger partial charge in [-0.05, 0) is 29.7 Å². The molecule has 1 aliphatic rings. The van der Waals surface area contributed by atoms with Crippen molar-refractivity contribution in [2.24, 2.45) is 0 Å². The Hall–Kier alpha value is -3.41. The van der Waals surface area contributed by atoms with Gasteiger partial charge in [-0.1, -0.05) is 42.5 Å². The Bertz CT molecular complexity index is 918. The molecule has 2 aromatic rings. The third kappa shape index (κ3) is 3.74. The van der Waals surface area contributed by atoms with Gasteiger partial charge in [0.25, 0.3) is 0 Å². The number of hydrogen-bond donors (Lipinski definition) is 2. The lowest BCUT2D eigenvalue weighted by Crippen LogP contribution is -2.28. The fourth-order valence-corrected chi connectivity index (χ4v) is 3.23. The molecule has 1 heterocycles. The Balaban J connectivity index is 2.09. The minimum atomic E-state index is -1.24. The summed E-state index contributed by atoms with van der Waals surface area (Å²) in [7, 11) is 0. The largest absolute Gasteiger partial charge is 0.478 e. The normalized spacial score (nSPS) is 14.5. The van der Waals surface area contributed by atoms with Crippen molar-refractivity contribution < 1.29 is 24.2 Å². The first kappa shape index (κ1) is 18.4. The lowest BCUT2D eigenvalue weighted by Gasteiger charge is -2.29. The minimum absolute atomic E-state index is 0.112. The van der Waals surface area contributed by atoms with Gasteiger partial charge in [-0.2, -0.15) is 0 Å². The van der Waals surface area contributed by atoms with Crippen molar-refractivity contribution in [1.29, 1.82) is 0 Å². The van der Waals surface area contributed by atoms with E-state index in [9.17, 15) is 24.2 Å². The van der Waals surface area contributed by atoms with Crippen LogP contribution in [0.2, 0.25) is 0 Å². The summed E-state index contributed by atoms with van der Waals surface area (Å²) in [5.74, 6) is -4.04. The molecule has 27 heavy (non-hydrogen) atoms. The van der Waals surface area contributed by atoms with Crippen molar-refractivity contribution in [3.63, 3.8) is 0 Å². The molecule has 0 saturated carbocycles. The summed E-state index contributed by atoms with van der Waals surface area (Å²) in [6.07, 6.45) is 2.83. The molecule has 0 bridgehead atoms. The maximum atomic E-state index is 14.0. The molecule has 2 N–H and O–H groups in total. The summed E-state index contributed by atoms with van der Waals surface area (Å²) in [6, 6.07) is 13.6. The van der Waals surface area contributed by atoms with Crippen LogP contribution in [-0.4, -0.2) is 27.1 Å². The molecular formula is C21H18FNO4. The number of carboxylic acids is 2. The van der Waals surface area contributed by atoms with Crippen molar-refractivity contribution in [2.75, 3.05) is 0 Å². The van der Waals surface area contributed by atoms with E-state index < -0.39 is 23.7 Å². The monoisotopic (exact) mass is 367 g/mol. The smallest absolute Gasteiger partial charge is 0.334 e. The standard InChI is InChI=1S/C21H18FNO4/c1-13-15(8-5-9-18(13)22)19-16(20(24)25)11-23(12-17(19)21(26)27)10-14-6-3-2-4-7-14/h2-9,11-12,19H,10H2,1H3,(H,24,25)(H,26,27). The first-order valence-electron chi connectivity index (χ1n) is 8.33. The molecule has 6 heteroatoms. The van der Waals surface area contributed by atoms with Crippen molar-refractivity contribution in [3.8, 4) is 0 Å². The number of carboxylic acid groups (broad SMARTS) is 2. The van der Waals surface area contributed by atoms with Gasteiger partial charge in [0.15, 0.2) is 0 Å². The molecule has 0 spiro atoms. The molecule has 1 aliphatic heterocycles. The van der Waals surface area contributed by atoms with Crippen LogP contribution in [-0.2, 0) is 16.1 Å². The van der Waals surface area contributed by atoms with Gasteiger partial charge in [-0.3, -0.25) is 0 Å². The van der Waals surface area contributed by atoms with E-state index in [1.54, 1.807) is 6.07 Å². The van der Waals surface area contributed by atoms with Crippen molar-refractivity contribution in [1.82, 2.24) is 4.90 Å². The van der Waals surface area contributed by atoms with E-state index in [0.29, 0.717) is 12.1 Å². The highest BCUT2D eigenvalue weighted by Gasteiger charge is 2.35. The van der Waals surface area contributed by atoms with Crippen LogP contribution in [0.5, 0.6) is 0 Å². The van der Waals surface area contributed by atoms with Crippen molar-refractivity contribution in [3.05, 3.63) is 94.6 Å². The topological polar surface area (TPSA) is 77.8 Å². The highest BCUT2D eigenvalue weighted by molar-refractivity contribution is 5.97. The summed E-state index contributed by atoms with van der Waals surface area (Å²) in [5.41, 5.74) is 1.24. The lowest BCUT2D eigenvalue weighted by atomic mass is 9.81. The molecule has 2 aromatic carbocycles. The van der Waals surface area contributed by atoms with E-state index >= 15 is 0 Å². The second-order valence-corrected chi connectivity index (χ2v) is 6.32. The quantitative estimate of drug-likeness (QED) is 0.843. The van der Waals surface area contributed by atoms with E-state index in [1.165, 1.54) is 36.4 Å². The average Bonchev–Trinajstić information content (AvgIpc) is 2.64. The molecule has 0 atom stereocenters. The van der Waals surface area contributed by atoms with E-state index in [-0.39, 0.29) is 16.7 Å². The van der Waals surface area contributed by atoms with E-state index in [0.717, 1.165) is 5.56 Å². The zero-order chi connectivity index (χ0) is 19.6. The molecule has 5 nitrogen and oxygen atoms in total. The van der Waals surface area contributed by atoms with Gasteiger partial charge in [0, 0.05) is 18.9 Å². The van der Waals surface area contributed by atoms with Crippen LogP contribution in [0, 0.1) is 12.7 Å². The summed E-state index contributed by atoms with van der Waals surface area (Å²) in [6.45, 7) is 1.84. The Morgan fingerprint density at radius 3 is 2.11 bits per heavy atom. The lowest BCUT2D eigenvalue weighted by molar-refractivity contribution is -0.133. The van der Waals surface area contributed by atoms with Crippen LogP contribution in [0.3, 0.4) is 0 Å². The summed E-state index contributed by atoms with van der Waals surface area (Å²) < 4.78 is 14.0. The molecule has 0 radical (unpaired) electrons. The molecule has 0 saturated heterocycles. The number of hydrogen-bond acceptors (Lipinski definition) is 3. The molecule has 138 valence electrons. The third-order valence-electron chi connectivity index (χ3n) is 4.55. The molecule has 0 aliphatic carbocycles. The number of halogens is 1. The van der Waals surface area contributed by atoms with Crippen LogP contribution in [0.4, 0.5) is 4.39 Å². The Labute approximate surface area is 155 Å². The maximum absolute atomic E-state index is 14.0. The van der Waals surface area contributed by atoms with Crippen LogP contribution in [0.1, 0.15) is 22.6 Å². The number of carbonyl (C=O) groups is 2. The Morgan fingerprint density at radius 2 is 1.56 bits per heavy atom. The second kappa shape index (κ2) is 7.45. The number of benzene rings is 2. The zero-order valence-electron chi connectivity index (χ0n) is 14.6. The fourth-order valence-electron chi connectivity index (χ4n) is 3.23. The van der Waals surface area contributed by atoms with E-state index in [2.05, 4.69) is 0 Å². The predicted molar refractivity (Wildman–Crippen MR) is 97.3 cm³/mol. The minimum Gasteiger partial charge on any atom is -0.478 e. The highest BCUT2D eigenvalue weighted by Crippen LogP contribution is 2.38. The first-order chi connectivity index (χ1) is 12.9. The van der Waals surface area contributed by atoms with Crippen LogP contribution >= 0.6 is 0 Å². The molecule has 3 rings (SSSR count). The summed E-state index contributed by atoms with van der Waals surface area (Å²) >= 11 is 0. The summed E-state index contributed by atoms with van der Waals surface area (Å²) in [4.78, 5) is 25.3. The first-order valence-corrected chi connectivity index (χ1v) is 8.33. The van der Waals surface area contributed by atoms with E-state index in [1.807, 2.05) is 30.3 Å². The van der Waals surface area contributed by atoms with Gasteiger partial charge in [-0.15, -0.1) is 0 Å². The van der Waals surface area contributed by atoms with Gasteiger partial charge in [0.05, 0.1) is 17.1 Å². The van der Waals surface area contributed by atoms with Gasteiger partial charge in [0.1, 0.15) is 5.82 Å². The van der Waals surface area contributed by atoms with Crippen LogP contribution in [0.15, 0.2) is 72.1 Å². The average molecular weight is 367 g/mol. The summed E-state index contributed by atoms with van der Waals surface area (Å²) in [5, 5.41) is 19.4. The van der Waals surface area contributed by atoms with E-state index in [4.69, 9.17) is 0 Å². The molecule has 0 amide bonds. The molecular weight excluding hydrogens is 349 g/mol. The van der Waals surface area contributed by atoms with Gasteiger partial charge in [-0.25, -0.2) is 14.0 Å². The number of nitrogens with zero attached hydrogens (tertiary/aromatic N) is 1. The molecule has 0 unspecified atom stereocenters. The van der Waals surface area contributed by atoms with Gasteiger partial charge < -0.3 is 15.1 Å².